The van der Waals surface area contributed by atoms with E-state index in [0.717, 1.165) is 80.5 Å². The van der Waals surface area contributed by atoms with E-state index in [1.807, 2.05) is 103 Å². The monoisotopic (exact) mass is 980 g/mol. The van der Waals surface area contributed by atoms with Gasteiger partial charge >= 0.3 is 0 Å². The van der Waals surface area contributed by atoms with Gasteiger partial charge in [-0.2, -0.15) is 4.98 Å². The topological polar surface area (TPSA) is 204 Å². The highest BCUT2D eigenvalue weighted by Crippen LogP contribution is 2.33. The number of nitrogens with zero attached hydrogens (tertiary/aromatic N) is 10. The largest absolute Gasteiger partial charge is 0.497 e. The van der Waals surface area contributed by atoms with Gasteiger partial charge < -0.3 is 20.5 Å². The maximum Gasteiger partial charge on any atom is 0.248 e. The summed E-state index contributed by atoms with van der Waals surface area (Å²) in [4.78, 5) is 37.0. The second-order valence-corrected chi connectivity index (χ2v) is 20.0. The van der Waals surface area contributed by atoms with Crippen LogP contribution in [0.1, 0.15) is 64.2 Å². The van der Waals surface area contributed by atoms with Crippen molar-refractivity contribution in [1.82, 2.24) is 49.0 Å². The molecule has 0 aliphatic heterocycles. The third-order valence-corrected chi connectivity index (χ3v) is 13.9. The van der Waals surface area contributed by atoms with Gasteiger partial charge in [0.2, 0.25) is 20.9 Å². The molecule has 0 spiro atoms. The van der Waals surface area contributed by atoms with Crippen molar-refractivity contribution in [2.45, 2.75) is 81.4 Å². The molecule has 12 rings (SSSR count). The first kappa shape index (κ1) is 47.8. The van der Waals surface area contributed by atoms with Crippen molar-refractivity contribution in [3.63, 3.8) is 0 Å². The number of benzene rings is 4. The van der Waals surface area contributed by atoms with Gasteiger partial charge in [0, 0.05) is 53.6 Å². The van der Waals surface area contributed by atoms with Gasteiger partial charge in [0.25, 0.3) is 0 Å². The molecule has 2 aliphatic rings. The maximum absolute atomic E-state index is 12.0. The van der Waals surface area contributed by atoms with E-state index in [1.54, 1.807) is 31.0 Å². The first-order valence-electron chi connectivity index (χ1n) is 24.4. The number of methoxy groups -OCH3 is 2. The predicted molar refractivity (Wildman–Crippen MR) is 283 cm³/mol. The lowest BCUT2D eigenvalue weighted by molar-refractivity contribution is 0.415. The summed E-state index contributed by atoms with van der Waals surface area (Å²) in [6, 6.07) is 39.8. The number of nitrogens with two attached hydrogens (primary N) is 1. The quantitative estimate of drug-likeness (QED) is 0.129. The van der Waals surface area contributed by atoms with E-state index in [-0.39, 0.29) is 5.16 Å². The van der Waals surface area contributed by atoms with Crippen molar-refractivity contribution in [3.05, 3.63) is 134 Å². The summed E-state index contributed by atoms with van der Waals surface area (Å²) in [6.45, 7) is 0. The van der Waals surface area contributed by atoms with Gasteiger partial charge in [0.1, 0.15) is 34.5 Å². The minimum absolute atomic E-state index is 0.252. The average molecular weight is 981 g/mol. The molecule has 72 heavy (non-hydrogen) atoms. The van der Waals surface area contributed by atoms with Gasteiger partial charge in [-0.05, 0) is 86.3 Å². The number of rotatable bonds is 9. The number of para-hydroxylation sites is 2. The number of pyridine rings is 2. The SMILES string of the molecule is COc1ccc2c(c1)nc(-c1ccc3ccccc3n1)n2-c1ccnc(NC2CCCCC2)n1.COc1ccc2c(c1)nc(-c1ccc3ccccc3n1)n2-c1ccnc(S(C)(=O)=O)n1.NC1CCCCC1. The summed E-state index contributed by atoms with van der Waals surface area (Å²) in [5, 5.41) is 5.39. The lowest BCUT2D eigenvalue weighted by Crippen LogP contribution is -2.23. The highest BCUT2D eigenvalue weighted by atomic mass is 32.2. The molecular weight excluding hydrogens is 925 g/mol. The van der Waals surface area contributed by atoms with Crippen LogP contribution >= 0.6 is 0 Å². The highest BCUT2D eigenvalue weighted by molar-refractivity contribution is 7.90. The summed E-state index contributed by atoms with van der Waals surface area (Å²) in [5.74, 6) is 4.48. The molecular formula is C55H56N12O4S. The van der Waals surface area contributed by atoms with Crippen LogP contribution in [0.15, 0.2) is 139 Å². The van der Waals surface area contributed by atoms with Gasteiger partial charge in [-0.3, -0.25) is 9.13 Å². The molecule has 0 radical (unpaired) electrons. The Bertz CT molecular complexity index is 3640. The Morgan fingerprint density at radius 2 is 1.04 bits per heavy atom. The molecule has 2 saturated carbocycles. The van der Waals surface area contributed by atoms with Crippen LogP contribution < -0.4 is 20.5 Å². The fraction of sp³-hybridized carbons (Fsp3) is 0.273. The Morgan fingerprint density at radius 3 is 1.54 bits per heavy atom. The molecule has 2 aliphatic carbocycles. The molecule has 0 bridgehead atoms. The van der Waals surface area contributed by atoms with E-state index in [0.29, 0.717) is 46.6 Å². The van der Waals surface area contributed by atoms with Gasteiger partial charge in [0.15, 0.2) is 11.6 Å². The molecule has 0 atom stereocenters. The fourth-order valence-electron chi connectivity index (χ4n) is 9.30. The fourth-order valence-corrected chi connectivity index (χ4v) is 9.82. The zero-order valence-corrected chi connectivity index (χ0v) is 41.3. The van der Waals surface area contributed by atoms with Gasteiger partial charge in [-0.15, -0.1) is 0 Å². The first-order chi connectivity index (χ1) is 35.1. The van der Waals surface area contributed by atoms with E-state index < -0.39 is 9.84 Å². The number of imidazole rings is 2. The van der Waals surface area contributed by atoms with Crippen LogP contribution in [0.3, 0.4) is 0 Å². The lowest BCUT2D eigenvalue weighted by atomic mass is 9.96. The van der Waals surface area contributed by atoms with Crippen LogP contribution in [0.25, 0.3) is 78.5 Å². The molecule has 16 nitrogen and oxygen atoms in total. The number of hydrogen-bond acceptors (Lipinski definition) is 14. The number of hydrogen-bond donors (Lipinski definition) is 2. The van der Waals surface area contributed by atoms with Crippen LogP contribution in [0.2, 0.25) is 0 Å². The Labute approximate surface area is 417 Å². The van der Waals surface area contributed by atoms with Gasteiger partial charge in [-0.25, -0.2) is 43.3 Å². The summed E-state index contributed by atoms with van der Waals surface area (Å²) in [5.41, 5.74) is 12.0. The van der Waals surface area contributed by atoms with E-state index in [9.17, 15) is 8.42 Å². The third-order valence-electron chi connectivity index (χ3n) is 13.0. The van der Waals surface area contributed by atoms with Crippen LogP contribution in [0.4, 0.5) is 5.95 Å². The van der Waals surface area contributed by atoms with Gasteiger partial charge in [0.05, 0.1) is 47.3 Å². The van der Waals surface area contributed by atoms with Crippen molar-refractivity contribution in [3.8, 4) is 46.2 Å². The summed E-state index contributed by atoms with van der Waals surface area (Å²) in [7, 11) is -0.324. The number of fused-ring (bicyclic) bond motifs is 4. The molecule has 17 heteroatoms. The second kappa shape index (κ2) is 21.2. The predicted octanol–water partition coefficient (Wildman–Crippen LogP) is 10.5. The van der Waals surface area contributed by atoms with Crippen LogP contribution in [-0.4, -0.2) is 90.0 Å². The average Bonchev–Trinajstić information content (AvgIpc) is 4.00. The number of nitrogens with one attached hydrogen (secondary N) is 1. The molecule has 3 N–H and O–H groups in total. The number of anilines is 1. The Kier molecular flexibility index (Phi) is 14.1. The van der Waals surface area contributed by atoms with E-state index in [1.165, 1.54) is 57.6 Å². The van der Waals surface area contributed by atoms with Crippen molar-refractivity contribution in [1.29, 1.82) is 0 Å². The first-order valence-corrected chi connectivity index (χ1v) is 26.3. The molecule has 0 saturated heterocycles. The Morgan fingerprint density at radius 1 is 0.542 bits per heavy atom. The van der Waals surface area contributed by atoms with E-state index in [4.69, 9.17) is 40.1 Å². The second-order valence-electron chi connectivity index (χ2n) is 18.1. The number of sulfone groups is 1. The Hall–Kier alpha value is -7.89. The van der Waals surface area contributed by atoms with Crippen LogP contribution in [-0.2, 0) is 9.84 Å². The van der Waals surface area contributed by atoms with Crippen molar-refractivity contribution >= 4 is 59.7 Å². The minimum atomic E-state index is -3.58. The third kappa shape index (κ3) is 10.6. The van der Waals surface area contributed by atoms with Crippen molar-refractivity contribution in [2.75, 3.05) is 25.8 Å². The molecule has 4 aromatic carbocycles. The minimum Gasteiger partial charge on any atom is -0.497 e. The maximum atomic E-state index is 12.0. The lowest BCUT2D eigenvalue weighted by Gasteiger charge is -2.22. The number of ether oxygens (including phenoxy) is 2. The molecule has 6 heterocycles. The van der Waals surface area contributed by atoms with Crippen molar-refractivity contribution < 1.29 is 17.9 Å². The standard InChI is InChI=1S/C27H26N6O.C22H17N5O3S.C6H13N/c1-34-20-12-14-24-23(17-20)31-26(22-13-11-18-7-5-6-10-21(18)30-22)33(24)25-15-16-28-27(32-25)29-19-8-3-2-4-9-19;1-30-15-8-10-19-18(13-15)25-21(17-9-7-14-5-3-4-6-16(14)24-17)27(19)20-11-12-23-22(26-20)31(2,28)29;7-6-4-2-1-3-5-6/h5-7,10-17,19H,2-4,8-9H2,1H3,(H,28,29,32);3-13H,1-2H3;6H,1-5,7H2. The normalized spacial score (nSPS) is 14.4. The van der Waals surface area contributed by atoms with Crippen LogP contribution in [0, 0.1) is 0 Å². The molecule has 366 valence electrons. The molecule has 0 amide bonds. The molecule has 10 aromatic rings. The molecule has 6 aromatic heterocycles. The zero-order chi connectivity index (χ0) is 49.6. The smallest absolute Gasteiger partial charge is 0.248 e. The van der Waals surface area contributed by atoms with E-state index >= 15 is 0 Å². The summed E-state index contributed by atoms with van der Waals surface area (Å²) >= 11 is 0. The van der Waals surface area contributed by atoms with E-state index in [2.05, 4.69) is 37.0 Å². The summed E-state index contributed by atoms with van der Waals surface area (Å²) in [6.07, 6.45) is 17.1. The van der Waals surface area contributed by atoms with Crippen molar-refractivity contribution in [2.24, 2.45) is 5.73 Å². The highest BCUT2D eigenvalue weighted by Gasteiger charge is 2.22. The summed E-state index contributed by atoms with van der Waals surface area (Å²) < 4.78 is 38.7. The van der Waals surface area contributed by atoms with Gasteiger partial charge in [-0.1, -0.05) is 87.1 Å². The molecule has 0 unspecified atom stereocenters. The number of aromatic nitrogens is 10. The zero-order valence-electron chi connectivity index (χ0n) is 40.5. The molecule has 2 fully saturated rings. The Balaban J connectivity index is 0.000000146. The van der Waals surface area contributed by atoms with Crippen LogP contribution in [0.5, 0.6) is 11.5 Å².